The van der Waals surface area contributed by atoms with E-state index in [2.05, 4.69) is 5.32 Å². The molecular weight excluding hydrogens is 235 g/mol. The second-order valence-corrected chi connectivity index (χ2v) is 5.26. The lowest BCUT2D eigenvalue weighted by molar-refractivity contribution is -0.384. The van der Waals surface area contributed by atoms with Crippen molar-refractivity contribution in [2.45, 2.75) is 31.7 Å². The number of hydrogen-bond acceptors (Lipinski definition) is 3. The number of hydrogen-bond donors (Lipinski definition) is 1. The van der Waals surface area contributed by atoms with Gasteiger partial charge in [-0.05, 0) is 49.7 Å². The van der Waals surface area contributed by atoms with Gasteiger partial charge in [-0.2, -0.15) is 0 Å². The van der Waals surface area contributed by atoms with Crippen LogP contribution in [-0.2, 0) is 0 Å². The summed E-state index contributed by atoms with van der Waals surface area (Å²) in [6.07, 6.45) is 4.79. The van der Waals surface area contributed by atoms with Crippen LogP contribution in [0.5, 0.6) is 0 Å². The predicted molar refractivity (Wildman–Crippen MR) is 65.9 cm³/mol. The van der Waals surface area contributed by atoms with Gasteiger partial charge >= 0.3 is 0 Å². The number of nitrogens with one attached hydrogen (secondary N) is 1. The third-order valence-electron chi connectivity index (χ3n) is 3.74. The fraction of sp³-hybridized carbons (Fsp3) is 0.538. The summed E-state index contributed by atoms with van der Waals surface area (Å²) < 4.78 is 13.1. The van der Waals surface area contributed by atoms with Crippen LogP contribution in [0.2, 0.25) is 0 Å². The molecule has 0 spiro atoms. The van der Waals surface area contributed by atoms with Gasteiger partial charge in [0.1, 0.15) is 11.5 Å². The first-order chi connectivity index (χ1) is 8.65. The smallest absolute Gasteiger partial charge is 0.295 e. The molecule has 4 nitrogen and oxygen atoms in total. The molecule has 0 amide bonds. The Morgan fingerprint density at radius 2 is 1.89 bits per heavy atom. The van der Waals surface area contributed by atoms with Gasteiger partial charge in [-0.25, -0.2) is 4.39 Å². The minimum Gasteiger partial charge on any atom is -0.376 e. The Morgan fingerprint density at radius 3 is 2.39 bits per heavy atom. The molecule has 1 aromatic carbocycles. The molecular formula is C13H15FN2O2. The molecule has 18 heavy (non-hydrogen) atoms. The van der Waals surface area contributed by atoms with Crippen molar-refractivity contribution in [1.29, 1.82) is 0 Å². The molecule has 5 heteroatoms. The van der Waals surface area contributed by atoms with Crippen LogP contribution in [0.3, 0.4) is 0 Å². The van der Waals surface area contributed by atoms with Crippen molar-refractivity contribution in [2.24, 2.45) is 11.8 Å². The van der Waals surface area contributed by atoms with Gasteiger partial charge in [0.05, 0.1) is 11.0 Å². The Balaban J connectivity index is 1.84. The monoisotopic (exact) mass is 250 g/mol. The highest BCUT2D eigenvalue weighted by atomic mass is 19.1. The summed E-state index contributed by atoms with van der Waals surface area (Å²) in [7, 11) is 0. The molecule has 2 aliphatic carbocycles. The molecule has 3 rings (SSSR count). The molecule has 2 saturated carbocycles. The lowest BCUT2D eigenvalue weighted by Gasteiger charge is -2.18. The van der Waals surface area contributed by atoms with Gasteiger partial charge < -0.3 is 5.32 Å². The van der Waals surface area contributed by atoms with Crippen LogP contribution in [0, 0.1) is 27.8 Å². The Labute approximate surface area is 104 Å². The Bertz CT molecular complexity index is 472. The average molecular weight is 250 g/mol. The standard InChI is InChI=1S/C13H15FN2O2/c14-10-5-6-11(12(7-10)16(17)18)15-13(8-1-2-8)9-3-4-9/h5-9,13,15H,1-4H2. The Kier molecular flexibility index (Phi) is 2.69. The highest BCUT2D eigenvalue weighted by Crippen LogP contribution is 2.46. The van der Waals surface area contributed by atoms with Crippen LogP contribution in [0.1, 0.15) is 25.7 Å². The largest absolute Gasteiger partial charge is 0.376 e. The van der Waals surface area contributed by atoms with E-state index in [1.54, 1.807) is 0 Å². The van der Waals surface area contributed by atoms with E-state index >= 15 is 0 Å². The zero-order valence-electron chi connectivity index (χ0n) is 9.93. The average Bonchev–Trinajstić information content (AvgIpc) is 3.19. The minimum atomic E-state index is -0.568. The minimum absolute atomic E-state index is 0.165. The quantitative estimate of drug-likeness (QED) is 0.644. The molecule has 0 saturated heterocycles. The van der Waals surface area contributed by atoms with Crippen LogP contribution in [0.25, 0.3) is 0 Å². The van der Waals surface area contributed by atoms with Gasteiger partial charge in [0.25, 0.3) is 5.69 Å². The molecule has 0 aromatic heterocycles. The maximum Gasteiger partial charge on any atom is 0.295 e. The third kappa shape index (κ3) is 2.30. The maximum atomic E-state index is 13.1. The lowest BCUT2D eigenvalue weighted by atomic mass is 10.1. The van der Waals surface area contributed by atoms with Crippen molar-refractivity contribution in [3.05, 3.63) is 34.1 Å². The lowest BCUT2D eigenvalue weighted by Crippen LogP contribution is -2.24. The van der Waals surface area contributed by atoms with Crippen molar-refractivity contribution in [3.63, 3.8) is 0 Å². The summed E-state index contributed by atoms with van der Waals surface area (Å²) in [5.41, 5.74) is 0.284. The number of halogens is 1. The van der Waals surface area contributed by atoms with E-state index < -0.39 is 10.7 Å². The summed E-state index contributed by atoms with van der Waals surface area (Å²) in [4.78, 5) is 10.4. The van der Waals surface area contributed by atoms with Gasteiger partial charge in [-0.1, -0.05) is 0 Å². The van der Waals surface area contributed by atoms with E-state index in [1.165, 1.54) is 37.8 Å². The molecule has 0 bridgehead atoms. The van der Waals surface area contributed by atoms with Crippen molar-refractivity contribution in [1.82, 2.24) is 0 Å². The zero-order valence-corrected chi connectivity index (χ0v) is 9.93. The molecule has 1 N–H and O–H groups in total. The summed E-state index contributed by atoms with van der Waals surface area (Å²) >= 11 is 0. The molecule has 0 aliphatic heterocycles. The molecule has 0 heterocycles. The van der Waals surface area contributed by atoms with Crippen LogP contribution in [0.4, 0.5) is 15.8 Å². The van der Waals surface area contributed by atoms with E-state index in [4.69, 9.17) is 0 Å². The molecule has 1 aromatic rings. The number of rotatable bonds is 5. The first-order valence-electron chi connectivity index (χ1n) is 6.35. The highest BCUT2D eigenvalue weighted by Gasteiger charge is 2.42. The van der Waals surface area contributed by atoms with Gasteiger partial charge in [-0.3, -0.25) is 10.1 Å². The summed E-state index contributed by atoms with van der Waals surface area (Å²) in [6.45, 7) is 0. The third-order valence-corrected chi connectivity index (χ3v) is 3.74. The number of nitro benzene ring substituents is 1. The molecule has 0 unspecified atom stereocenters. The molecule has 2 fully saturated rings. The summed E-state index contributed by atoms with van der Waals surface area (Å²) in [5, 5.41) is 14.2. The Hall–Kier alpha value is -1.65. The maximum absolute atomic E-state index is 13.1. The fourth-order valence-corrected chi connectivity index (χ4v) is 2.49. The van der Waals surface area contributed by atoms with Crippen LogP contribution in [0.15, 0.2) is 18.2 Å². The second-order valence-electron chi connectivity index (χ2n) is 5.26. The topological polar surface area (TPSA) is 55.2 Å². The van der Waals surface area contributed by atoms with Crippen LogP contribution in [-0.4, -0.2) is 11.0 Å². The van der Waals surface area contributed by atoms with E-state index in [-0.39, 0.29) is 5.69 Å². The van der Waals surface area contributed by atoms with Crippen molar-refractivity contribution in [3.8, 4) is 0 Å². The van der Waals surface area contributed by atoms with Gasteiger partial charge in [0, 0.05) is 6.04 Å². The molecule has 96 valence electrons. The van der Waals surface area contributed by atoms with Crippen LogP contribution < -0.4 is 5.32 Å². The van der Waals surface area contributed by atoms with Gasteiger partial charge in [0.2, 0.25) is 0 Å². The van der Waals surface area contributed by atoms with Crippen molar-refractivity contribution < 1.29 is 9.31 Å². The van der Waals surface area contributed by atoms with Crippen LogP contribution >= 0.6 is 0 Å². The van der Waals surface area contributed by atoms with E-state index in [0.29, 0.717) is 23.6 Å². The number of benzene rings is 1. The van der Waals surface area contributed by atoms with Gasteiger partial charge in [-0.15, -0.1) is 0 Å². The number of anilines is 1. The zero-order chi connectivity index (χ0) is 12.7. The SMILES string of the molecule is O=[N+]([O-])c1cc(F)ccc1NC(C1CC1)C1CC1. The molecule has 0 atom stereocenters. The van der Waals surface area contributed by atoms with Crippen molar-refractivity contribution in [2.75, 3.05) is 5.32 Å². The molecule has 0 radical (unpaired) electrons. The first kappa shape index (κ1) is 11.4. The highest BCUT2D eigenvalue weighted by molar-refractivity contribution is 5.62. The number of nitrogens with zero attached hydrogens (tertiary/aromatic N) is 1. The van der Waals surface area contributed by atoms with Crippen molar-refractivity contribution >= 4 is 11.4 Å². The predicted octanol–water partition coefficient (Wildman–Crippen LogP) is 3.33. The first-order valence-corrected chi connectivity index (χ1v) is 6.35. The van der Waals surface area contributed by atoms with Gasteiger partial charge in [0.15, 0.2) is 0 Å². The Morgan fingerprint density at radius 1 is 1.28 bits per heavy atom. The summed E-state index contributed by atoms with van der Waals surface area (Å²) in [5.74, 6) is 0.714. The van der Waals surface area contributed by atoms with E-state index in [9.17, 15) is 14.5 Å². The van der Waals surface area contributed by atoms with E-state index in [1.807, 2.05) is 0 Å². The number of nitro groups is 1. The normalized spacial score (nSPS) is 19.0. The fourth-order valence-electron chi connectivity index (χ4n) is 2.49. The molecule has 2 aliphatic rings. The summed E-state index contributed by atoms with van der Waals surface area (Å²) in [6, 6.07) is 4.06. The van der Waals surface area contributed by atoms with E-state index in [0.717, 1.165) is 6.07 Å². The second kappa shape index (κ2) is 4.23.